The monoisotopic (exact) mass is 1800 g/mol. The third kappa shape index (κ3) is 13.1. The Morgan fingerprint density at radius 3 is 1.08 bits per heavy atom. The predicted octanol–water partition coefficient (Wildman–Crippen LogP) is 33.3. The minimum Gasteiger partial charge on any atom is -0.309 e. The van der Waals surface area contributed by atoms with E-state index in [9.17, 15) is 0 Å². The van der Waals surface area contributed by atoms with Crippen LogP contribution >= 0.6 is 0 Å². The Balaban J connectivity index is 0.000000110. The molecule has 0 saturated heterocycles. The van der Waals surface area contributed by atoms with E-state index in [0.29, 0.717) is 5.82 Å². The number of aromatic nitrogens is 11. The summed E-state index contributed by atoms with van der Waals surface area (Å²) < 4.78 is 12.1. The smallest absolute Gasteiger partial charge is 0.160 e. The van der Waals surface area contributed by atoms with Crippen molar-refractivity contribution < 1.29 is 0 Å². The highest BCUT2D eigenvalue weighted by Crippen LogP contribution is 2.50. The molecule has 0 N–H and O–H groups in total. The molecule has 0 aliphatic carbocycles. The number of fused-ring (bicyclic) bond motifs is 28. The predicted molar refractivity (Wildman–Crippen MR) is 588 cm³/mol. The van der Waals surface area contributed by atoms with E-state index in [1.165, 1.54) is 141 Å². The lowest BCUT2D eigenvalue weighted by Gasteiger charge is -2.15. The van der Waals surface area contributed by atoms with Crippen molar-refractivity contribution in [1.29, 1.82) is 0 Å². The number of para-hydroxylation sites is 4. The standard InChI is InChI=1S/C60H38N4.C42H26N4.C28H17N3/c1-4-15-39(16-5-1)41-27-29-43(30-28-41)60-61-52-34-32-47(38-51(52)58(62-60)45-21-14-20-44(37-45)40-17-6-2-7-18-40)63-53-26-13-12-25-49(53)56-54(63)35-36-55-57(56)50-33-31-42-19-10-11-24-48(42)59(50)64(55)46-22-8-3-9-23-46;1-3-11-27(12-4-1)33-25-34-35(44-24-23-43-34)26-39(33)46-36-18-10-9-17-31(36)40-38(46)22-21-37-41(40)32-20-19-28-13-7-8-16-30(28)42(32)45(37)29-14-5-2-6-15-29;1-3-7-21-18(5-1)10-14-26-27(21)23-12-9-19-6-2-4-8-22(19)28(23)31(26)20-11-13-24-25(17-20)30-16-15-29-24/h1-38H;1-26H;1-17H. The second-order valence-corrected chi connectivity index (χ2v) is 36.3. The summed E-state index contributed by atoms with van der Waals surface area (Å²) in [7, 11) is 0. The van der Waals surface area contributed by atoms with Gasteiger partial charge in [-0.2, -0.15) is 0 Å². The van der Waals surface area contributed by atoms with Gasteiger partial charge < -0.3 is 22.8 Å². The zero-order valence-corrected chi connectivity index (χ0v) is 76.2. The third-order valence-corrected chi connectivity index (χ3v) is 28.5. The second kappa shape index (κ2) is 32.9. The van der Waals surface area contributed by atoms with E-state index < -0.39 is 0 Å². The van der Waals surface area contributed by atoms with Crippen molar-refractivity contribution in [3.63, 3.8) is 0 Å². The Kier molecular flexibility index (Phi) is 18.7. The first-order valence-electron chi connectivity index (χ1n) is 47.8. The first-order chi connectivity index (χ1) is 70.0. The van der Waals surface area contributed by atoms with Crippen LogP contribution < -0.4 is 0 Å². The molecule has 0 spiro atoms. The van der Waals surface area contributed by atoms with Crippen LogP contribution in [0.3, 0.4) is 0 Å². The average Bonchev–Trinajstić information content (AvgIpc) is 2.25. The van der Waals surface area contributed by atoms with Crippen LogP contribution in [0.4, 0.5) is 0 Å². The van der Waals surface area contributed by atoms with Gasteiger partial charge in [-0.25, -0.2) is 9.97 Å². The molecule has 0 amide bonds. The van der Waals surface area contributed by atoms with Crippen molar-refractivity contribution in [2.75, 3.05) is 0 Å². The summed E-state index contributed by atoms with van der Waals surface area (Å²) in [6.45, 7) is 0. The first kappa shape index (κ1) is 80.4. The highest BCUT2D eigenvalue weighted by Gasteiger charge is 2.28. The average molecular weight is 1800 g/mol. The molecule has 11 heteroatoms. The van der Waals surface area contributed by atoms with E-state index in [2.05, 4.69) is 499 Å². The zero-order chi connectivity index (χ0) is 92.7. The normalized spacial score (nSPS) is 11.8. The van der Waals surface area contributed by atoms with Gasteiger partial charge in [0.15, 0.2) is 5.82 Å². The van der Waals surface area contributed by atoms with Gasteiger partial charge >= 0.3 is 0 Å². The lowest BCUT2D eigenvalue weighted by atomic mass is 9.99. The van der Waals surface area contributed by atoms with Crippen LogP contribution in [0, 0.1) is 0 Å². The van der Waals surface area contributed by atoms with E-state index in [0.717, 1.165) is 123 Å². The number of hydrogen-bond donors (Lipinski definition) is 0. The molecule has 8 heterocycles. The molecule has 0 atom stereocenters. The molecule has 656 valence electrons. The highest BCUT2D eigenvalue weighted by molar-refractivity contribution is 6.34. The van der Waals surface area contributed by atoms with Gasteiger partial charge in [0.05, 0.1) is 94.1 Å². The van der Waals surface area contributed by atoms with Crippen molar-refractivity contribution in [3.05, 3.63) is 492 Å². The van der Waals surface area contributed by atoms with Gasteiger partial charge in [-0.15, -0.1) is 0 Å². The van der Waals surface area contributed by atoms with Crippen LogP contribution in [-0.2, 0) is 0 Å². The summed E-state index contributed by atoms with van der Waals surface area (Å²) in [5.74, 6) is 0.696. The fourth-order valence-electron chi connectivity index (χ4n) is 22.3. The molecule has 8 aromatic heterocycles. The molecule has 0 radical (unpaired) electrons. The Bertz CT molecular complexity index is 10300. The maximum Gasteiger partial charge on any atom is 0.160 e. The summed E-state index contributed by atoms with van der Waals surface area (Å²) in [5, 5.41) is 23.4. The van der Waals surface area contributed by atoms with E-state index in [1.54, 1.807) is 24.8 Å². The minimum absolute atomic E-state index is 0.696. The Labute approximate surface area is 808 Å². The molecule has 141 heavy (non-hydrogen) atoms. The van der Waals surface area contributed by atoms with Crippen LogP contribution in [-0.4, -0.2) is 52.7 Å². The van der Waals surface area contributed by atoms with Gasteiger partial charge in [0.2, 0.25) is 0 Å². The maximum atomic E-state index is 5.43. The molecule has 0 fully saturated rings. The van der Waals surface area contributed by atoms with Crippen molar-refractivity contribution in [2.24, 2.45) is 0 Å². The van der Waals surface area contributed by atoms with Crippen LogP contribution in [0.2, 0.25) is 0 Å². The molecular weight excluding hydrogens is 1720 g/mol. The van der Waals surface area contributed by atoms with Crippen molar-refractivity contribution in [3.8, 4) is 84.5 Å². The molecule has 0 saturated carbocycles. The van der Waals surface area contributed by atoms with Crippen LogP contribution in [0.15, 0.2) is 492 Å². The topological polar surface area (TPSA) is 102 Å². The van der Waals surface area contributed by atoms with Crippen LogP contribution in [0.25, 0.3) is 270 Å². The van der Waals surface area contributed by atoms with Crippen molar-refractivity contribution >= 4 is 185 Å². The quantitative estimate of drug-likeness (QED) is 0.135. The van der Waals surface area contributed by atoms with Gasteiger partial charge in [0.1, 0.15) is 0 Å². The number of benzene rings is 22. The van der Waals surface area contributed by atoms with Crippen LogP contribution in [0.1, 0.15) is 0 Å². The molecule has 11 nitrogen and oxygen atoms in total. The summed E-state index contributed by atoms with van der Waals surface area (Å²) >= 11 is 0. The van der Waals surface area contributed by atoms with Gasteiger partial charge in [0.25, 0.3) is 0 Å². The Morgan fingerprint density at radius 1 is 0.163 bits per heavy atom. The van der Waals surface area contributed by atoms with Gasteiger partial charge in [-0.1, -0.05) is 346 Å². The largest absolute Gasteiger partial charge is 0.309 e. The fourth-order valence-corrected chi connectivity index (χ4v) is 22.3. The van der Waals surface area contributed by atoms with E-state index in [4.69, 9.17) is 15.0 Å². The SMILES string of the molecule is c1ccc(-c2cc3nccnc3cc2-n2c3ccccc3c3c4c5ccc6ccccc6c5n(-c5ccccc5)c4ccc32)cc1.c1ccc(-c2ccc(-c3nc(-c4cccc(-c5ccccc5)c4)c4cc(-n5c6ccccc6c6c7c8ccc9ccccc9c8n(-c8ccccc8)c7ccc65)ccc4n3)cc2)cc1.c1ccc2c(c1)ccc1c2c2ccc3ccccc3c2n1-c1ccc2nccnc2c1. The molecule has 0 aliphatic heterocycles. The Morgan fingerprint density at radius 2 is 0.525 bits per heavy atom. The zero-order valence-electron chi connectivity index (χ0n) is 76.2. The molecule has 22 aromatic carbocycles. The Hall–Kier alpha value is -19.1. The lowest BCUT2D eigenvalue weighted by Crippen LogP contribution is -1.99. The third-order valence-electron chi connectivity index (χ3n) is 28.5. The lowest BCUT2D eigenvalue weighted by molar-refractivity contribution is 1.17. The maximum absolute atomic E-state index is 5.43. The minimum atomic E-state index is 0.696. The summed E-state index contributed by atoms with van der Waals surface area (Å²) in [5.41, 5.74) is 31.7. The number of nitrogens with zero attached hydrogens (tertiary/aromatic N) is 11. The summed E-state index contributed by atoms with van der Waals surface area (Å²) in [4.78, 5) is 29.1. The molecule has 30 aromatic rings. The molecule has 0 bridgehead atoms. The number of hydrogen-bond acceptors (Lipinski definition) is 6. The fraction of sp³-hybridized carbons (Fsp3) is 0. The van der Waals surface area contributed by atoms with Crippen molar-refractivity contribution in [2.45, 2.75) is 0 Å². The summed E-state index contributed by atoms with van der Waals surface area (Å²) in [6, 6.07) is 168. The highest BCUT2D eigenvalue weighted by atomic mass is 15.0. The van der Waals surface area contributed by atoms with E-state index in [-0.39, 0.29) is 0 Å². The van der Waals surface area contributed by atoms with Crippen LogP contribution in [0.5, 0.6) is 0 Å². The molecule has 0 aliphatic rings. The molecule has 0 unspecified atom stereocenters. The second-order valence-electron chi connectivity index (χ2n) is 36.3. The molecule has 30 rings (SSSR count). The van der Waals surface area contributed by atoms with Crippen molar-refractivity contribution in [1.82, 2.24) is 52.7 Å². The first-order valence-corrected chi connectivity index (χ1v) is 47.8. The van der Waals surface area contributed by atoms with Gasteiger partial charge in [-0.05, 0) is 176 Å². The van der Waals surface area contributed by atoms with E-state index in [1.807, 2.05) is 6.07 Å². The molecular formula is C130H81N11. The van der Waals surface area contributed by atoms with E-state index >= 15 is 0 Å². The summed E-state index contributed by atoms with van der Waals surface area (Å²) in [6.07, 6.45) is 7.02. The van der Waals surface area contributed by atoms with Gasteiger partial charge in [-0.3, -0.25) is 19.9 Å². The van der Waals surface area contributed by atoms with Gasteiger partial charge in [0, 0.05) is 140 Å². The number of rotatable bonds is 10.